The van der Waals surface area contributed by atoms with E-state index in [-0.39, 0.29) is 0 Å². The Kier molecular flexibility index (Phi) is 4.65. The van der Waals surface area contributed by atoms with Gasteiger partial charge < -0.3 is 9.47 Å². The first kappa shape index (κ1) is 14.3. The number of fused-ring (bicyclic) bond motifs is 1. The lowest BCUT2D eigenvalue weighted by molar-refractivity contribution is 0.167. The molecule has 1 aliphatic rings. The normalized spacial score (nSPS) is 17.5. The van der Waals surface area contributed by atoms with E-state index in [1.807, 2.05) is 12.1 Å². The summed E-state index contributed by atoms with van der Waals surface area (Å²) in [6.45, 7) is 2.40. The summed E-state index contributed by atoms with van der Waals surface area (Å²) in [5.41, 5.74) is 0.986. The third-order valence-electron chi connectivity index (χ3n) is 3.62. The standard InChI is InChI=1S/C18H17ClO2/c19-8-1-2-14-3-4-17-11-18(6-5-16(17)10-14)21-13-15-7-9-20-12-15/h3-6,10-11,15H,7-9,12-13H2. The molecule has 1 atom stereocenters. The third-order valence-corrected chi connectivity index (χ3v) is 3.75. The smallest absolute Gasteiger partial charge is 0.119 e. The fourth-order valence-corrected chi connectivity index (χ4v) is 2.52. The van der Waals surface area contributed by atoms with Gasteiger partial charge in [-0.25, -0.2) is 0 Å². The Balaban J connectivity index is 1.73. The molecule has 1 aliphatic heterocycles. The molecule has 0 aliphatic carbocycles. The predicted molar refractivity (Wildman–Crippen MR) is 86.0 cm³/mol. The fraction of sp³-hybridized carbons (Fsp3) is 0.333. The van der Waals surface area contributed by atoms with Gasteiger partial charge >= 0.3 is 0 Å². The van der Waals surface area contributed by atoms with E-state index in [0.29, 0.717) is 11.8 Å². The van der Waals surface area contributed by atoms with Crippen molar-refractivity contribution in [2.75, 3.05) is 25.7 Å². The van der Waals surface area contributed by atoms with Gasteiger partial charge in [-0.3, -0.25) is 0 Å². The largest absolute Gasteiger partial charge is 0.493 e. The Labute approximate surface area is 130 Å². The SMILES string of the molecule is ClCC#Cc1ccc2cc(OCC3CCOC3)ccc2c1. The Morgan fingerprint density at radius 1 is 1.19 bits per heavy atom. The quantitative estimate of drug-likeness (QED) is 0.633. The van der Waals surface area contributed by atoms with E-state index in [1.54, 1.807) is 0 Å². The van der Waals surface area contributed by atoms with Crippen LogP contribution in [-0.2, 0) is 4.74 Å². The van der Waals surface area contributed by atoms with Crippen molar-refractivity contribution in [1.29, 1.82) is 0 Å². The summed E-state index contributed by atoms with van der Waals surface area (Å²) in [5, 5.41) is 2.32. The lowest BCUT2D eigenvalue weighted by Crippen LogP contribution is -2.11. The molecular weight excluding hydrogens is 284 g/mol. The van der Waals surface area contributed by atoms with Gasteiger partial charge in [0, 0.05) is 18.1 Å². The van der Waals surface area contributed by atoms with Crippen molar-refractivity contribution < 1.29 is 9.47 Å². The van der Waals surface area contributed by atoms with Crippen molar-refractivity contribution in [3.8, 4) is 17.6 Å². The highest BCUT2D eigenvalue weighted by Crippen LogP contribution is 2.23. The molecule has 3 rings (SSSR count). The Hall–Kier alpha value is -1.69. The topological polar surface area (TPSA) is 18.5 Å². The first-order chi connectivity index (χ1) is 10.3. The predicted octanol–water partition coefficient (Wildman–Crippen LogP) is 3.85. The molecule has 2 aromatic rings. The molecule has 0 bridgehead atoms. The summed E-state index contributed by atoms with van der Waals surface area (Å²) in [6, 6.07) is 12.3. The van der Waals surface area contributed by atoms with Crippen LogP contribution in [-0.4, -0.2) is 25.7 Å². The first-order valence-corrected chi connectivity index (χ1v) is 7.68. The van der Waals surface area contributed by atoms with E-state index in [1.165, 1.54) is 0 Å². The van der Waals surface area contributed by atoms with Crippen LogP contribution in [0.4, 0.5) is 0 Å². The number of rotatable bonds is 3. The average Bonchev–Trinajstić information content (AvgIpc) is 3.04. The average molecular weight is 301 g/mol. The number of alkyl halides is 1. The van der Waals surface area contributed by atoms with Gasteiger partial charge in [0.15, 0.2) is 0 Å². The van der Waals surface area contributed by atoms with Gasteiger partial charge in [-0.15, -0.1) is 11.6 Å². The molecular formula is C18H17ClO2. The zero-order chi connectivity index (χ0) is 14.5. The summed E-state index contributed by atoms with van der Waals surface area (Å²) in [5.74, 6) is 7.70. The lowest BCUT2D eigenvalue weighted by Gasteiger charge is -2.11. The fourth-order valence-electron chi connectivity index (χ4n) is 2.46. The third kappa shape index (κ3) is 3.69. The van der Waals surface area contributed by atoms with Gasteiger partial charge in [-0.1, -0.05) is 24.0 Å². The van der Waals surface area contributed by atoms with Crippen molar-refractivity contribution in [1.82, 2.24) is 0 Å². The van der Waals surface area contributed by atoms with Crippen LogP contribution < -0.4 is 4.74 Å². The highest BCUT2D eigenvalue weighted by atomic mass is 35.5. The second-order valence-electron chi connectivity index (χ2n) is 5.20. The molecule has 0 saturated carbocycles. The van der Waals surface area contributed by atoms with Crippen LogP contribution in [0.15, 0.2) is 36.4 Å². The number of halogens is 1. The second kappa shape index (κ2) is 6.85. The number of hydrogen-bond donors (Lipinski definition) is 0. The summed E-state index contributed by atoms with van der Waals surface area (Å²) in [6.07, 6.45) is 1.09. The zero-order valence-corrected chi connectivity index (χ0v) is 12.5. The molecule has 2 nitrogen and oxygen atoms in total. The first-order valence-electron chi connectivity index (χ1n) is 7.14. The minimum absolute atomic E-state index is 0.357. The van der Waals surface area contributed by atoms with Gasteiger partial charge in [-0.2, -0.15) is 0 Å². The summed E-state index contributed by atoms with van der Waals surface area (Å²) in [4.78, 5) is 0. The Morgan fingerprint density at radius 2 is 2.05 bits per heavy atom. The molecule has 0 amide bonds. The molecule has 0 spiro atoms. The molecule has 3 heteroatoms. The van der Waals surface area contributed by atoms with Crippen molar-refractivity contribution in [2.45, 2.75) is 6.42 Å². The number of ether oxygens (including phenoxy) is 2. The van der Waals surface area contributed by atoms with Crippen LogP contribution in [0.2, 0.25) is 0 Å². The molecule has 1 fully saturated rings. The van der Waals surface area contributed by atoms with Crippen LogP contribution in [0.1, 0.15) is 12.0 Å². The molecule has 2 aromatic carbocycles. The summed E-state index contributed by atoms with van der Waals surface area (Å²) in [7, 11) is 0. The minimum atomic E-state index is 0.357. The Bertz CT molecular complexity index is 678. The van der Waals surface area contributed by atoms with Crippen molar-refractivity contribution >= 4 is 22.4 Å². The molecule has 108 valence electrons. The number of hydrogen-bond acceptors (Lipinski definition) is 2. The molecule has 1 heterocycles. The molecule has 1 unspecified atom stereocenters. The maximum atomic E-state index is 5.87. The lowest BCUT2D eigenvalue weighted by atomic mass is 10.1. The van der Waals surface area contributed by atoms with E-state index in [4.69, 9.17) is 21.1 Å². The molecule has 0 aromatic heterocycles. The van der Waals surface area contributed by atoms with E-state index in [0.717, 1.165) is 48.3 Å². The van der Waals surface area contributed by atoms with Crippen molar-refractivity contribution in [2.24, 2.45) is 5.92 Å². The van der Waals surface area contributed by atoms with Crippen LogP contribution >= 0.6 is 11.6 Å². The van der Waals surface area contributed by atoms with Crippen molar-refractivity contribution in [3.05, 3.63) is 42.0 Å². The second-order valence-corrected chi connectivity index (χ2v) is 5.47. The van der Waals surface area contributed by atoms with Crippen LogP contribution in [0.3, 0.4) is 0 Å². The number of benzene rings is 2. The maximum Gasteiger partial charge on any atom is 0.119 e. The molecule has 0 radical (unpaired) electrons. The molecule has 1 saturated heterocycles. The van der Waals surface area contributed by atoms with E-state index in [9.17, 15) is 0 Å². The zero-order valence-electron chi connectivity index (χ0n) is 11.8. The van der Waals surface area contributed by atoms with Crippen LogP contribution in [0.25, 0.3) is 10.8 Å². The highest BCUT2D eigenvalue weighted by molar-refractivity contribution is 6.19. The van der Waals surface area contributed by atoms with Gasteiger partial charge in [0.25, 0.3) is 0 Å². The van der Waals surface area contributed by atoms with Gasteiger partial charge in [0.1, 0.15) is 5.75 Å². The van der Waals surface area contributed by atoms with E-state index in [2.05, 4.69) is 36.1 Å². The maximum absolute atomic E-state index is 5.87. The Morgan fingerprint density at radius 3 is 2.86 bits per heavy atom. The van der Waals surface area contributed by atoms with E-state index < -0.39 is 0 Å². The van der Waals surface area contributed by atoms with E-state index >= 15 is 0 Å². The van der Waals surface area contributed by atoms with Gasteiger partial charge in [0.05, 0.1) is 19.1 Å². The van der Waals surface area contributed by atoms with Gasteiger partial charge in [0.2, 0.25) is 0 Å². The summed E-state index contributed by atoms with van der Waals surface area (Å²) >= 11 is 5.58. The van der Waals surface area contributed by atoms with Crippen molar-refractivity contribution in [3.63, 3.8) is 0 Å². The monoisotopic (exact) mass is 300 g/mol. The minimum Gasteiger partial charge on any atom is -0.493 e. The van der Waals surface area contributed by atoms with Crippen LogP contribution in [0.5, 0.6) is 5.75 Å². The van der Waals surface area contributed by atoms with Crippen LogP contribution in [0, 0.1) is 17.8 Å². The summed E-state index contributed by atoms with van der Waals surface area (Å²) < 4.78 is 11.2. The highest BCUT2D eigenvalue weighted by Gasteiger charge is 2.16. The van der Waals surface area contributed by atoms with Gasteiger partial charge in [-0.05, 0) is 41.5 Å². The molecule has 21 heavy (non-hydrogen) atoms. The molecule has 0 N–H and O–H groups in total.